The fourth-order valence-corrected chi connectivity index (χ4v) is 3.75. The Hall–Kier alpha value is -2.96. The largest absolute Gasteiger partial charge is 0.507 e. The molecule has 12 heteroatoms. The van der Waals surface area contributed by atoms with Crippen LogP contribution in [0, 0.1) is 0 Å². The number of nitrogens with zero attached hydrogens (tertiary/aromatic N) is 2. The molecule has 0 saturated carbocycles. The average molecular weight is 434 g/mol. The maximum atomic E-state index is 12.8. The van der Waals surface area contributed by atoms with E-state index in [2.05, 4.69) is 5.32 Å². The fourth-order valence-electron chi connectivity index (χ4n) is 3.75. The number of rotatable bonds is 8. The lowest BCUT2D eigenvalue weighted by atomic mass is 9.82. The van der Waals surface area contributed by atoms with Crippen LogP contribution >= 0.6 is 0 Å². The van der Waals surface area contributed by atoms with Gasteiger partial charge in [-0.3, -0.25) is 4.79 Å². The van der Waals surface area contributed by atoms with Gasteiger partial charge in [-0.05, 0) is 24.4 Å². The van der Waals surface area contributed by atoms with Gasteiger partial charge in [0.2, 0.25) is 5.91 Å². The first-order valence-corrected chi connectivity index (χ1v) is 9.99. The van der Waals surface area contributed by atoms with Gasteiger partial charge in [0.25, 0.3) is 0 Å². The molecule has 1 amide bonds. The van der Waals surface area contributed by atoms with Crippen molar-refractivity contribution >= 4 is 19.0 Å². The van der Waals surface area contributed by atoms with E-state index in [0.717, 1.165) is 0 Å². The number of carboxylic acid groups (broad SMARTS) is 1. The van der Waals surface area contributed by atoms with Gasteiger partial charge in [0.1, 0.15) is 29.2 Å². The molecule has 0 radical (unpaired) electrons. The lowest BCUT2D eigenvalue weighted by Gasteiger charge is -2.25. The van der Waals surface area contributed by atoms with Gasteiger partial charge < -0.3 is 45.8 Å². The monoisotopic (exact) mass is 434 g/mol. The van der Waals surface area contributed by atoms with Crippen LogP contribution in [-0.4, -0.2) is 88.0 Å². The number of carbonyl (C=O) groups excluding carboxylic acids is 1. The highest BCUT2D eigenvalue weighted by molar-refractivity contribution is 6.41. The van der Waals surface area contributed by atoms with E-state index in [1.165, 1.54) is 12.1 Å². The van der Waals surface area contributed by atoms with Gasteiger partial charge in [-0.1, -0.05) is 6.07 Å². The molecule has 0 aliphatic carbocycles. The number of benzene rings is 1. The number of likely N-dealkylation sites (N-methyl/N-ethyl adjacent to an activating group) is 1. The smallest absolute Gasteiger partial charge is 0.451 e. The topological polar surface area (TPSA) is 169 Å². The molecule has 7 N–H and O–H groups in total. The Labute approximate surface area is 179 Å². The van der Waals surface area contributed by atoms with E-state index in [1.54, 1.807) is 11.1 Å². The van der Waals surface area contributed by atoms with Crippen molar-refractivity contribution in [3.63, 3.8) is 0 Å². The number of likely N-dealkylation sites (tertiary alicyclic amines) is 1. The second kappa shape index (κ2) is 9.46. The summed E-state index contributed by atoms with van der Waals surface area (Å²) in [7, 11) is 0.271. The van der Waals surface area contributed by atoms with Crippen LogP contribution in [0.25, 0.3) is 0 Å². The zero-order valence-corrected chi connectivity index (χ0v) is 17.2. The van der Waals surface area contributed by atoms with Gasteiger partial charge in [-0.25, -0.2) is 4.79 Å². The number of aromatic hydroxyl groups is 1. The molecule has 31 heavy (non-hydrogen) atoms. The summed E-state index contributed by atoms with van der Waals surface area (Å²) >= 11 is 0. The van der Waals surface area contributed by atoms with Crippen molar-refractivity contribution in [2.45, 2.75) is 31.3 Å². The van der Waals surface area contributed by atoms with Crippen LogP contribution in [-0.2, 0) is 11.2 Å². The number of hydrogen-bond acceptors (Lipinski definition) is 9. The van der Waals surface area contributed by atoms with Crippen molar-refractivity contribution in [3.05, 3.63) is 35.2 Å². The number of nitrogens with one attached hydrogen (secondary N) is 1. The first kappa shape index (κ1) is 22.7. The molecule has 0 aromatic heterocycles. The van der Waals surface area contributed by atoms with Crippen molar-refractivity contribution in [1.82, 2.24) is 15.1 Å². The van der Waals surface area contributed by atoms with Crippen molar-refractivity contribution in [1.29, 1.82) is 0 Å². The van der Waals surface area contributed by atoms with Crippen LogP contribution in [0.15, 0.2) is 24.0 Å². The fraction of sp³-hybridized carbons (Fsp3) is 0.474. The third-order valence-corrected chi connectivity index (χ3v) is 5.46. The molecule has 1 aromatic carbocycles. The molecule has 2 atom stereocenters. The van der Waals surface area contributed by atoms with Gasteiger partial charge >= 0.3 is 13.1 Å². The number of nitrogens with two attached hydrogens (primary N) is 1. The van der Waals surface area contributed by atoms with Crippen molar-refractivity contribution in [3.8, 4) is 11.5 Å². The summed E-state index contributed by atoms with van der Waals surface area (Å²) < 4.78 is 5.82. The normalized spacial score (nSPS) is 19.1. The van der Waals surface area contributed by atoms with Crippen molar-refractivity contribution < 1.29 is 34.6 Å². The standard InChI is InChI=1S/C19H27BN4O7/c1-23-10-22-8-13(23)16(21)18(26)24-7-5-12(9-24)31-14-3-2-11(4-6-20(29)30)17(25)15(14)19(27)28/h2-3,8,12,16,22,25,29-30H,4-7,9-10,21H2,1H3,(H,27,28)/t12-,16?/m0/s1. The molecule has 168 valence electrons. The molecule has 0 spiro atoms. The SMILES string of the molecule is CN1CNC=C1C(N)C(=O)N1CC[C@H](Oc2ccc(CCB(O)O)c(O)c2C(=O)O)C1. The molecule has 2 heterocycles. The number of amides is 1. The molecule has 1 unspecified atom stereocenters. The van der Waals surface area contributed by atoms with Crippen LogP contribution in [0.1, 0.15) is 22.3 Å². The van der Waals surface area contributed by atoms with Crippen LogP contribution in [0.4, 0.5) is 0 Å². The molecular formula is C19H27BN4O7. The summed E-state index contributed by atoms with van der Waals surface area (Å²) in [5.74, 6) is -2.09. The number of carboxylic acids is 1. The van der Waals surface area contributed by atoms with E-state index in [0.29, 0.717) is 25.3 Å². The van der Waals surface area contributed by atoms with Gasteiger partial charge in [0.05, 0.1) is 18.9 Å². The third-order valence-electron chi connectivity index (χ3n) is 5.46. The van der Waals surface area contributed by atoms with E-state index >= 15 is 0 Å². The first-order valence-electron chi connectivity index (χ1n) is 9.99. The van der Waals surface area contributed by atoms with Crippen molar-refractivity contribution in [2.24, 2.45) is 5.73 Å². The summed E-state index contributed by atoms with van der Waals surface area (Å²) in [5, 5.41) is 40.9. The predicted octanol–water partition coefficient (Wildman–Crippen LogP) is -1.25. The van der Waals surface area contributed by atoms with Gasteiger partial charge in [-0.15, -0.1) is 0 Å². The molecule has 3 rings (SSSR count). The van der Waals surface area contributed by atoms with E-state index in [9.17, 15) is 19.8 Å². The molecule has 1 aromatic rings. The number of aryl methyl sites for hydroxylation is 1. The van der Waals surface area contributed by atoms with Gasteiger partial charge in [0.15, 0.2) is 0 Å². The molecule has 0 bridgehead atoms. The molecule has 1 fully saturated rings. The molecule has 1 saturated heterocycles. The Balaban J connectivity index is 1.68. The highest BCUT2D eigenvalue weighted by Gasteiger charge is 2.34. The summed E-state index contributed by atoms with van der Waals surface area (Å²) in [4.78, 5) is 27.9. The maximum absolute atomic E-state index is 12.8. The van der Waals surface area contributed by atoms with Crippen LogP contribution in [0.5, 0.6) is 11.5 Å². The highest BCUT2D eigenvalue weighted by atomic mass is 16.5. The first-order chi connectivity index (χ1) is 14.7. The van der Waals surface area contributed by atoms with Gasteiger partial charge in [-0.2, -0.15) is 0 Å². The van der Waals surface area contributed by atoms with Crippen molar-refractivity contribution in [2.75, 3.05) is 26.8 Å². The Morgan fingerprint density at radius 2 is 2.13 bits per heavy atom. The highest BCUT2D eigenvalue weighted by Crippen LogP contribution is 2.34. The Bertz CT molecular complexity index is 879. The van der Waals surface area contributed by atoms with Crippen LogP contribution in [0.3, 0.4) is 0 Å². The summed E-state index contributed by atoms with van der Waals surface area (Å²) in [6.07, 6.45) is 1.79. The Morgan fingerprint density at radius 1 is 1.39 bits per heavy atom. The Kier molecular flexibility index (Phi) is 6.93. The minimum atomic E-state index is -1.56. The van der Waals surface area contributed by atoms with E-state index in [-0.39, 0.29) is 36.5 Å². The lowest BCUT2D eigenvalue weighted by Crippen LogP contribution is -2.46. The lowest BCUT2D eigenvalue weighted by molar-refractivity contribution is -0.131. The number of hydrogen-bond donors (Lipinski definition) is 6. The maximum Gasteiger partial charge on any atom is 0.451 e. The predicted molar refractivity (Wildman–Crippen MR) is 111 cm³/mol. The Morgan fingerprint density at radius 3 is 2.74 bits per heavy atom. The number of aromatic carboxylic acids is 1. The molecule has 2 aliphatic heterocycles. The number of ether oxygens (including phenoxy) is 1. The van der Waals surface area contributed by atoms with E-state index in [4.69, 9.17) is 20.5 Å². The van der Waals surface area contributed by atoms with E-state index < -0.39 is 36.5 Å². The molecular weight excluding hydrogens is 407 g/mol. The number of phenols is 1. The summed E-state index contributed by atoms with van der Waals surface area (Å²) in [6, 6.07) is 2.11. The van der Waals surface area contributed by atoms with E-state index in [1.807, 2.05) is 11.9 Å². The summed E-state index contributed by atoms with van der Waals surface area (Å²) in [6.45, 7) is 1.24. The second-order valence-corrected chi connectivity index (χ2v) is 7.69. The zero-order chi connectivity index (χ0) is 22.7. The summed E-state index contributed by atoms with van der Waals surface area (Å²) in [5.41, 5.74) is 6.68. The van der Waals surface area contributed by atoms with Crippen LogP contribution in [0.2, 0.25) is 6.32 Å². The molecule has 2 aliphatic rings. The quantitative estimate of drug-likeness (QED) is 0.272. The second-order valence-electron chi connectivity index (χ2n) is 7.69. The molecule has 11 nitrogen and oxygen atoms in total. The van der Waals surface area contributed by atoms with Gasteiger partial charge in [0, 0.05) is 26.2 Å². The number of carbonyl (C=O) groups is 2. The minimum absolute atomic E-state index is 0.00988. The minimum Gasteiger partial charge on any atom is -0.507 e. The zero-order valence-electron chi connectivity index (χ0n) is 17.2. The third kappa shape index (κ3) is 5.03. The van der Waals surface area contributed by atoms with Crippen LogP contribution < -0.4 is 15.8 Å². The average Bonchev–Trinajstić information content (AvgIpc) is 3.34.